The van der Waals surface area contributed by atoms with Gasteiger partial charge in [-0.3, -0.25) is 39.4 Å². The molecule has 1 unspecified atom stereocenters. The number of nitrogens with zero attached hydrogens (tertiary/aromatic N) is 7. The first kappa shape index (κ1) is 39.5. The van der Waals surface area contributed by atoms with Gasteiger partial charge in [-0.05, 0) is 119 Å². The Balaban J connectivity index is 0.642. The van der Waals surface area contributed by atoms with Crippen molar-refractivity contribution in [1.29, 1.82) is 0 Å². The topological polar surface area (TPSA) is 157 Å². The first-order chi connectivity index (χ1) is 30.1. The zero-order chi connectivity index (χ0) is 42.2. The number of pyridine rings is 1. The number of carbonyl (C=O) groups excluding carboxylic acids is 4. The van der Waals surface area contributed by atoms with Gasteiger partial charge in [0.25, 0.3) is 11.8 Å². The van der Waals surface area contributed by atoms with Gasteiger partial charge in [-0.2, -0.15) is 5.10 Å². The summed E-state index contributed by atoms with van der Waals surface area (Å²) in [5.74, 6) is 1.25. The fourth-order valence-electron chi connectivity index (χ4n) is 10.9. The number of nitrogens with one attached hydrogen (secondary N) is 2. The van der Waals surface area contributed by atoms with Gasteiger partial charge >= 0.3 is 0 Å². The predicted molar refractivity (Wildman–Crippen MR) is 232 cm³/mol. The summed E-state index contributed by atoms with van der Waals surface area (Å²) in [6.07, 6.45) is 8.79. The van der Waals surface area contributed by atoms with E-state index in [9.17, 15) is 19.2 Å². The molecule has 4 amide bonds. The first-order valence-corrected chi connectivity index (χ1v) is 22.7. The van der Waals surface area contributed by atoms with E-state index in [0.717, 1.165) is 135 Å². The van der Waals surface area contributed by atoms with Crippen molar-refractivity contribution in [3.05, 3.63) is 65.9 Å². The summed E-state index contributed by atoms with van der Waals surface area (Å²) in [7, 11) is 0. The van der Waals surface area contributed by atoms with Crippen molar-refractivity contribution in [2.24, 2.45) is 11.8 Å². The number of hydrogen-bond acceptors (Lipinski definition) is 12. The number of carbonyl (C=O) groups is 4. The van der Waals surface area contributed by atoms with E-state index in [1.54, 1.807) is 6.07 Å². The van der Waals surface area contributed by atoms with Crippen LogP contribution < -0.4 is 19.9 Å². The standard InChI is InChI=1S/C47H55N9O6/c1-46(14-15-46)62-33-5-6-36-35(24-33)42(51-50-36)32-9-16-48-39(23-32)55-21-22-61-47(29-55)27-53(28-47)26-30-10-17-52(18-11-30)25-31-12-19-54(20-13-31)37-4-2-3-34-41(37)45(60)56(44(34)59)38-7-8-40(57)49-43(38)58/h2-6,9,16,23-24,30-31,38H,7-8,10-15,17-22,25-29H2,1H3,(H,50,51)(H,49,57,58). The number of aromatic nitrogens is 3. The average molecular weight is 842 g/mol. The molecule has 7 aliphatic rings. The molecule has 6 fully saturated rings. The van der Waals surface area contributed by atoms with E-state index in [1.807, 2.05) is 30.5 Å². The minimum atomic E-state index is -0.961. The molecule has 6 aliphatic heterocycles. The highest BCUT2D eigenvalue weighted by molar-refractivity contribution is 6.25. The van der Waals surface area contributed by atoms with Crippen LogP contribution in [0.3, 0.4) is 0 Å². The molecule has 4 aromatic rings. The first-order valence-electron chi connectivity index (χ1n) is 22.7. The molecular weight excluding hydrogens is 787 g/mol. The van der Waals surface area contributed by atoms with Crippen molar-refractivity contribution in [1.82, 2.24) is 35.2 Å². The van der Waals surface area contributed by atoms with E-state index < -0.39 is 23.8 Å². The van der Waals surface area contributed by atoms with Crippen LogP contribution in [0.5, 0.6) is 5.75 Å². The summed E-state index contributed by atoms with van der Waals surface area (Å²) in [6, 6.07) is 14.8. The molecule has 15 nitrogen and oxygen atoms in total. The normalized spacial score (nSPS) is 24.5. The van der Waals surface area contributed by atoms with Gasteiger partial charge in [-0.1, -0.05) is 6.07 Å². The maximum Gasteiger partial charge on any atom is 0.264 e. The minimum Gasteiger partial charge on any atom is -0.488 e. The molecular formula is C47H55N9O6. The fourth-order valence-corrected chi connectivity index (χ4v) is 10.9. The number of imide groups is 2. The van der Waals surface area contributed by atoms with Crippen LogP contribution in [-0.2, 0) is 14.3 Å². The molecule has 0 bridgehead atoms. The van der Waals surface area contributed by atoms with Gasteiger partial charge in [0.2, 0.25) is 11.8 Å². The number of anilines is 2. The molecule has 62 heavy (non-hydrogen) atoms. The number of H-pyrrole nitrogens is 1. The summed E-state index contributed by atoms with van der Waals surface area (Å²) < 4.78 is 12.8. The average Bonchev–Trinajstić information content (AvgIpc) is 3.75. The zero-order valence-corrected chi connectivity index (χ0v) is 35.4. The van der Waals surface area contributed by atoms with E-state index in [0.29, 0.717) is 29.6 Å². The number of benzene rings is 2. The minimum absolute atomic E-state index is 0.0395. The van der Waals surface area contributed by atoms with E-state index in [2.05, 4.69) is 55.1 Å². The second kappa shape index (κ2) is 15.5. The number of rotatable bonds is 10. The number of amides is 4. The van der Waals surface area contributed by atoms with Gasteiger partial charge in [-0.25, -0.2) is 4.98 Å². The highest BCUT2D eigenvalue weighted by Gasteiger charge is 2.49. The van der Waals surface area contributed by atoms with Crippen LogP contribution in [-0.4, -0.2) is 143 Å². The lowest BCUT2D eigenvalue weighted by molar-refractivity contribution is -0.153. The van der Waals surface area contributed by atoms with Crippen LogP contribution in [0.1, 0.15) is 79.0 Å². The van der Waals surface area contributed by atoms with E-state index in [-0.39, 0.29) is 30.0 Å². The Hall–Kier alpha value is -5.38. The Bertz CT molecular complexity index is 2430. The third kappa shape index (κ3) is 7.41. The number of piperidine rings is 3. The molecule has 2 N–H and O–H groups in total. The van der Waals surface area contributed by atoms with Gasteiger partial charge in [0.05, 0.1) is 35.5 Å². The Morgan fingerprint density at radius 1 is 0.823 bits per heavy atom. The third-order valence-corrected chi connectivity index (χ3v) is 14.6. The van der Waals surface area contributed by atoms with Crippen LogP contribution in [0.2, 0.25) is 0 Å². The number of fused-ring (bicyclic) bond motifs is 2. The molecule has 1 spiro atoms. The quantitative estimate of drug-likeness (QED) is 0.217. The Kier molecular flexibility index (Phi) is 9.84. The van der Waals surface area contributed by atoms with E-state index in [1.165, 1.54) is 12.8 Å². The lowest BCUT2D eigenvalue weighted by Gasteiger charge is -2.55. The van der Waals surface area contributed by atoms with Crippen molar-refractivity contribution in [3.8, 4) is 17.0 Å². The number of likely N-dealkylation sites (tertiary alicyclic amines) is 2. The summed E-state index contributed by atoms with van der Waals surface area (Å²) in [4.78, 5) is 67.1. The van der Waals surface area contributed by atoms with Gasteiger partial charge in [0.1, 0.15) is 34.5 Å². The zero-order valence-electron chi connectivity index (χ0n) is 35.4. The lowest BCUT2D eigenvalue weighted by atomic mass is 9.87. The maximum absolute atomic E-state index is 13.7. The van der Waals surface area contributed by atoms with Crippen molar-refractivity contribution in [2.45, 2.75) is 75.5 Å². The van der Waals surface area contributed by atoms with Crippen LogP contribution in [0, 0.1) is 11.8 Å². The second-order valence-corrected chi connectivity index (χ2v) is 19.2. The molecule has 8 heterocycles. The number of aromatic amines is 1. The monoisotopic (exact) mass is 841 g/mol. The van der Waals surface area contributed by atoms with Gasteiger partial charge in [0.15, 0.2) is 0 Å². The number of ether oxygens (including phenoxy) is 2. The molecule has 324 valence electrons. The van der Waals surface area contributed by atoms with Crippen molar-refractivity contribution in [3.63, 3.8) is 0 Å². The molecule has 1 saturated carbocycles. The van der Waals surface area contributed by atoms with E-state index in [4.69, 9.17) is 19.6 Å². The molecule has 2 aromatic heterocycles. The van der Waals surface area contributed by atoms with Gasteiger partial charge < -0.3 is 24.2 Å². The summed E-state index contributed by atoms with van der Waals surface area (Å²) in [5, 5.41) is 11.2. The lowest BCUT2D eigenvalue weighted by Crippen LogP contribution is -2.70. The molecule has 15 heteroatoms. The fraction of sp³-hybridized carbons (Fsp3) is 0.532. The SMILES string of the molecule is CC1(Oc2ccc3[nH]nc(-c4ccnc(N5CCOC6(CN(CC7CCN(CC8CCN(c9cccc%10c9C(=O)N(C9CCC(=O)NC9=O)C%10=O)CC8)CC7)C6)C5)c4)c3c2)CC1. The Morgan fingerprint density at radius 3 is 2.37 bits per heavy atom. The van der Waals surface area contributed by atoms with Gasteiger partial charge in [0, 0.05) is 69.4 Å². The number of morpholine rings is 1. The van der Waals surface area contributed by atoms with Crippen LogP contribution in [0.4, 0.5) is 11.5 Å². The molecule has 1 atom stereocenters. The molecule has 0 radical (unpaired) electrons. The predicted octanol–water partition coefficient (Wildman–Crippen LogP) is 4.48. The van der Waals surface area contributed by atoms with Crippen LogP contribution >= 0.6 is 0 Å². The maximum atomic E-state index is 13.7. The van der Waals surface area contributed by atoms with Gasteiger partial charge in [-0.15, -0.1) is 0 Å². The van der Waals surface area contributed by atoms with Crippen LogP contribution in [0.25, 0.3) is 22.2 Å². The third-order valence-electron chi connectivity index (χ3n) is 14.6. The molecule has 2 aromatic carbocycles. The van der Waals surface area contributed by atoms with Crippen molar-refractivity contribution in [2.75, 3.05) is 81.9 Å². The smallest absolute Gasteiger partial charge is 0.264 e. The summed E-state index contributed by atoms with van der Waals surface area (Å²) in [5.41, 5.74) is 4.23. The molecule has 1 aliphatic carbocycles. The highest BCUT2D eigenvalue weighted by Crippen LogP contribution is 2.41. The number of hydrogen-bond donors (Lipinski definition) is 2. The van der Waals surface area contributed by atoms with Crippen molar-refractivity contribution < 1.29 is 28.7 Å². The summed E-state index contributed by atoms with van der Waals surface area (Å²) >= 11 is 0. The second-order valence-electron chi connectivity index (χ2n) is 19.2. The largest absolute Gasteiger partial charge is 0.488 e. The molecule has 11 rings (SSSR count). The highest BCUT2D eigenvalue weighted by atomic mass is 16.5. The van der Waals surface area contributed by atoms with Crippen molar-refractivity contribution >= 4 is 46.0 Å². The molecule has 5 saturated heterocycles. The Labute approximate surface area is 361 Å². The summed E-state index contributed by atoms with van der Waals surface area (Å²) in [6.45, 7) is 12.5. The van der Waals surface area contributed by atoms with E-state index >= 15 is 0 Å². The van der Waals surface area contributed by atoms with Crippen LogP contribution in [0.15, 0.2) is 54.7 Å². The Morgan fingerprint density at radius 2 is 1.60 bits per heavy atom.